The number of urea groups is 1. The molecule has 2 aliphatic rings. The molecular formula is C24H19F3N4O4S2. The summed E-state index contributed by atoms with van der Waals surface area (Å²) >= 11 is -0.282. The molecule has 0 unspecified atom stereocenters. The Labute approximate surface area is 214 Å². The van der Waals surface area contributed by atoms with Crippen LogP contribution in [0.25, 0.3) is 0 Å². The largest absolute Gasteiger partial charge is 0.446 e. The average Bonchev–Trinajstić information content (AvgIpc) is 3.62. The lowest BCUT2D eigenvalue weighted by atomic mass is 10.2. The molecule has 2 fully saturated rings. The highest BCUT2D eigenvalue weighted by Gasteiger charge is 2.65. The van der Waals surface area contributed by atoms with Crippen LogP contribution in [-0.2, 0) is 21.4 Å². The van der Waals surface area contributed by atoms with Crippen molar-refractivity contribution in [3.63, 3.8) is 0 Å². The molecule has 1 N–H and O–H groups in total. The van der Waals surface area contributed by atoms with Gasteiger partial charge in [0.2, 0.25) is 0 Å². The molecule has 0 bridgehead atoms. The van der Waals surface area contributed by atoms with E-state index in [1.807, 2.05) is 0 Å². The molecule has 37 heavy (non-hydrogen) atoms. The molecule has 3 aromatic rings. The standard InChI is InChI=1S/C24H19F3N4O4S2/c25-24(26,27)36-18-8-6-17(7-9-18)31-21(32)23(11-12-23)30(22(31)33)15-16-10-13-28-20(14-16)29-37(34,35)19-4-2-1-3-5-19/h1-10,13-14H,11-12,15H2,(H,28,29). The van der Waals surface area contributed by atoms with Crippen LogP contribution in [0.4, 0.5) is 29.5 Å². The smallest absolute Gasteiger partial charge is 0.305 e. The molecule has 2 heterocycles. The number of rotatable bonds is 7. The minimum atomic E-state index is -4.45. The first kappa shape index (κ1) is 25.1. The van der Waals surface area contributed by atoms with Gasteiger partial charge in [-0.15, -0.1) is 0 Å². The number of pyridine rings is 1. The normalized spacial score (nSPS) is 16.9. The Hall–Kier alpha value is -3.58. The third kappa shape index (κ3) is 5.01. The van der Waals surface area contributed by atoms with Crippen molar-refractivity contribution in [2.45, 2.75) is 40.2 Å². The number of alkyl halides is 3. The van der Waals surface area contributed by atoms with Gasteiger partial charge >= 0.3 is 11.5 Å². The predicted octanol–water partition coefficient (Wildman–Crippen LogP) is 5.00. The predicted molar refractivity (Wildman–Crippen MR) is 130 cm³/mol. The Kier molecular flexibility index (Phi) is 6.15. The van der Waals surface area contributed by atoms with E-state index >= 15 is 0 Å². The minimum Gasteiger partial charge on any atom is -0.305 e. The van der Waals surface area contributed by atoms with Gasteiger partial charge < -0.3 is 4.90 Å². The van der Waals surface area contributed by atoms with Gasteiger partial charge in [-0.1, -0.05) is 18.2 Å². The molecule has 13 heteroatoms. The fraction of sp³-hybridized carbons (Fsp3) is 0.208. The Morgan fingerprint density at radius 3 is 2.30 bits per heavy atom. The first-order valence-corrected chi connectivity index (χ1v) is 13.3. The van der Waals surface area contributed by atoms with E-state index in [1.165, 1.54) is 53.6 Å². The number of benzene rings is 2. The Morgan fingerprint density at radius 2 is 1.68 bits per heavy atom. The highest BCUT2D eigenvalue weighted by Crippen LogP contribution is 2.50. The summed E-state index contributed by atoms with van der Waals surface area (Å²) in [5.41, 5.74) is -4.74. The number of amides is 3. The molecule has 1 aromatic heterocycles. The van der Waals surface area contributed by atoms with Crippen LogP contribution in [-0.4, -0.2) is 41.3 Å². The van der Waals surface area contributed by atoms with Crippen LogP contribution in [0.3, 0.4) is 0 Å². The van der Waals surface area contributed by atoms with E-state index < -0.39 is 33.0 Å². The van der Waals surface area contributed by atoms with Crippen molar-refractivity contribution in [3.8, 4) is 0 Å². The monoisotopic (exact) mass is 548 g/mol. The summed E-state index contributed by atoms with van der Waals surface area (Å²) in [6, 6.07) is 15.3. The Morgan fingerprint density at radius 1 is 1.00 bits per heavy atom. The maximum Gasteiger partial charge on any atom is 0.446 e. The highest BCUT2D eigenvalue weighted by atomic mass is 32.2. The van der Waals surface area contributed by atoms with Crippen LogP contribution >= 0.6 is 11.8 Å². The zero-order valence-corrected chi connectivity index (χ0v) is 20.6. The summed E-state index contributed by atoms with van der Waals surface area (Å²) in [6.45, 7) is 0.0195. The Bertz CT molecular complexity index is 1460. The van der Waals surface area contributed by atoms with Gasteiger partial charge in [0.25, 0.3) is 15.9 Å². The summed E-state index contributed by atoms with van der Waals surface area (Å²) in [7, 11) is -3.87. The van der Waals surface area contributed by atoms with E-state index in [1.54, 1.807) is 24.3 Å². The van der Waals surface area contributed by atoms with E-state index in [2.05, 4.69) is 9.71 Å². The summed E-state index contributed by atoms with van der Waals surface area (Å²) in [5.74, 6) is -0.383. The molecule has 1 saturated heterocycles. The van der Waals surface area contributed by atoms with Crippen LogP contribution in [0, 0.1) is 0 Å². The fourth-order valence-corrected chi connectivity index (χ4v) is 5.73. The maximum absolute atomic E-state index is 13.3. The van der Waals surface area contributed by atoms with Crippen molar-refractivity contribution in [2.24, 2.45) is 0 Å². The number of aromatic nitrogens is 1. The van der Waals surface area contributed by atoms with Gasteiger partial charge in [-0.05, 0) is 78.7 Å². The molecule has 3 amide bonds. The Balaban J connectivity index is 1.35. The van der Waals surface area contributed by atoms with Gasteiger partial charge in [0.1, 0.15) is 11.4 Å². The van der Waals surface area contributed by atoms with Crippen LogP contribution in [0.1, 0.15) is 18.4 Å². The van der Waals surface area contributed by atoms with Crippen LogP contribution < -0.4 is 9.62 Å². The average molecular weight is 549 g/mol. The molecule has 0 radical (unpaired) electrons. The molecule has 5 rings (SSSR count). The zero-order valence-electron chi connectivity index (χ0n) is 19.0. The molecule has 8 nitrogen and oxygen atoms in total. The van der Waals surface area contributed by atoms with Crippen molar-refractivity contribution in [3.05, 3.63) is 78.5 Å². The zero-order chi connectivity index (χ0) is 26.4. The third-order valence-electron chi connectivity index (χ3n) is 6.05. The van der Waals surface area contributed by atoms with Crippen molar-refractivity contribution in [1.29, 1.82) is 0 Å². The molecule has 1 saturated carbocycles. The summed E-state index contributed by atoms with van der Waals surface area (Å²) in [6.07, 6.45) is 2.30. The second kappa shape index (κ2) is 9.06. The van der Waals surface area contributed by atoms with E-state index in [-0.39, 0.29) is 39.6 Å². The molecular weight excluding hydrogens is 529 g/mol. The highest BCUT2D eigenvalue weighted by molar-refractivity contribution is 8.00. The number of imide groups is 1. The lowest BCUT2D eigenvalue weighted by molar-refractivity contribution is -0.120. The number of hydrogen-bond acceptors (Lipinski definition) is 6. The number of hydrogen-bond donors (Lipinski definition) is 1. The first-order valence-electron chi connectivity index (χ1n) is 11.0. The van der Waals surface area contributed by atoms with Crippen LogP contribution in [0.2, 0.25) is 0 Å². The second-order valence-corrected chi connectivity index (χ2v) is 11.4. The number of carbonyl (C=O) groups is 2. The second-order valence-electron chi connectivity index (χ2n) is 8.55. The van der Waals surface area contributed by atoms with Gasteiger partial charge in [-0.2, -0.15) is 13.2 Å². The number of thioether (sulfide) groups is 1. The molecule has 1 spiro atoms. The van der Waals surface area contributed by atoms with Crippen molar-refractivity contribution in [1.82, 2.24) is 9.88 Å². The molecule has 0 atom stereocenters. The van der Waals surface area contributed by atoms with Crippen molar-refractivity contribution < 1.29 is 31.2 Å². The van der Waals surface area contributed by atoms with Crippen LogP contribution in [0.15, 0.2) is 82.7 Å². The summed E-state index contributed by atoms with van der Waals surface area (Å²) in [5, 5.41) is 0. The van der Waals surface area contributed by atoms with Gasteiger partial charge in [-0.3, -0.25) is 9.52 Å². The molecule has 1 aliphatic heterocycles. The van der Waals surface area contributed by atoms with Gasteiger partial charge in [0, 0.05) is 17.6 Å². The van der Waals surface area contributed by atoms with E-state index in [0.29, 0.717) is 18.4 Å². The number of nitrogens with zero attached hydrogens (tertiary/aromatic N) is 3. The number of halogens is 3. The third-order valence-corrected chi connectivity index (χ3v) is 8.16. The summed E-state index contributed by atoms with van der Waals surface area (Å²) in [4.78, 5) is 33.0. The number of sulfonamides is 1. The van der Waals surface area contributed by atoms with Crippen molar-refractivity contribution in [2.75, 3.05) is 9.62 Å². The molecule has 2 aromatic carbocycles. The fourth-order valence-electron chi connectivity index (χ4n) is 4.17. The maximum atomic E-state index is 13.3. The lowest BCUT2D eigenvalue weighted by Crippen LogP contribution is -2.36. The lowest BCUT2D eigenvalue weighted by Gasteiger charge is -2.21. The number of nitrogens with one attached hydrogen (secondary N) is 1. The van der Waals surface area contributed by atoms with E-state index in [4.69, 9.17) is 0 Å². The van der Waals surface area contributed by atoms with Crippen molar-refractivity contribution >= 4 is 45.2 Å². The quantitative estimate of drug-likeness (QED) is 0.330. The number of anilines is 2. The van der Waals surface area contributed by atoms with Gasteiger partial charge in [-0.25, -0.2) is 23.1 Å². The van der Waals surface area contributed by atoms with Gasteiger partial charge in [0.15, 0.2) is 0 Å². The molecule has 1 aliphatic carbocycles. The van der Waals surface area contributed by atoms with E-state index in [0.717, 1.165) is 4.90 Å². The SMILES string of the molecule is O=C1N(c2ccc(SC(F)(F)F)cc2)C(=O)C2(CC2)N1Cc1ccnc(NS(=O)(=O)c2ccccc2)c1. The molecule has 192 valence electrons. The first-order chi connectivity index (χ1) is 17.5. The number of carbonyl (C=O) groups excluding carboxylic acids is 2. The van der Waals surface area contributed by atoms with Crippen LogP contribution in [0.5, 0.6) is 0 Å². The van der Waals surface area contributed by atoms with E-state index in [9.17, 15) is 31.2 Å². The minimum absolute atomic E-state index is 0.0195. The van der Waals surface area contributed by atoms with Gasteiger partial charge in [0.05, 0.1) is 10.6 Å². The summed E-state index contributed by atoms with van der Waals surface area (Å²) < 4.78 is 65.6. The topological polar surface area (TPSA) is 99.7 Å².